The molecule has 0 saturated carbocycles. The maximum Gasteiger partial charge on any atom is 0.133 e. The predicted molar refractivity (Wildman–Crippen MR) is 125 cm³/mol. The third-order valence-corrected chi connectivity index (χ3v) is 5.71. The van der Waals surface area contributed by atoms with E-state index in [1.165, 1.54) is 11.9 Å². The van der Waals surface area contributed by atoms with Crippen LogP contribution in [0.2, 0.25) is 0 Å². The van der Waals surface area contributed by atoms with Gasteiger partial charge in [0.1, 0.15) is 18.2 Å². The number of nitrogens with zero attached hydrogens (tertiary/aromatic N) is 6. The number of hydrogen-bond acceptors (Lipinski definition) is 7. The first-order chi connectivity index (χ1) is 15.7. The zero-order chi connectivity index (χ0) is 21.9. The smallest absolute Gasteiger partial charge is 0.133 e. The fraction of sp³-hybridized carbons (Fsp3) is 0.280. The largest absolute Gasteiger partial charge is 0.369 e. The number of anilines is 1. The fourth-order valence-electron chi connectivity index (χ4n) is 4.14. The van der Waals surface area contributed by atoms with Gasteiger partial charge in [0.15, 0.2) is 0 Å². The number of rotatable bonds is 5. The van der Waals surface area contributed by atoms with Crippen molar-refractivity contribution >= 4 is 16.7 Å². The molecule has 1 atom stereocenters. The highest BCUT2D eigenvalue weighted by atomic mass is 16.5. The molecule has 1 unspecified atom stereocenters. The molecular formula is C25H26N6O. The van der Waals surface area contributed by atoms with E-state index in [4.69, 9.17) is 14.7 Å². The molecule has 7 heteroatoms. The van der Waals surface area contributed by atoms with Gasteiger partial charge in [0.05, 0.1) is 23.5 Å². The number of morpholine rings is 1. The SMILES string of the molecule is CN(C)c1nc2ccccc2cc1CN1CCOC(c2cccc(-c3cncnc3)n2)C1. The minimum Gasteiger partial charge on any atom is -0.369 e. The van der Waals surface area contributed by atoms with Crippen LogP contribution in [0, 0.1) is 0 Å². The summed E-state index contributed by atoms with van der Waals surface area (Å²) < 4.78 is 6.11. The maximum absolute atomic E-state index is 6.11. The molecule has 0 N–H and O–H groups in total. The summed E-state index contributed by atoms with van der Waals surface area (Å²) in [5.74, 6) is 1.01. The second kappa shape index (κ2) is 8.98. The average Bonchev–Trinajstić information content (AvgIpc) is 2.84. The van der Waals surface area contributed by atoms with Crippen LogP contribution in [-0.4, -0.2) is 58.6 Å². The number of para-hydroxylation sites is 1. The van der Waals surface area contributed by atoms with E-state index in [2.05, 4.69) is 44.0 Å². The fourth-order valence-corrected chi connectivity index (χ4v) is 4.14. The normalized spacial score (nSPS) is 16.9. The molecule has 0 bridgehead atoms. The molecule has 1 aliphatic heterocycles. The average molecular weight is 427 g/mol. The highest BCUT2D eigenvalue weighted by Crippen LogP contribution is 2.27. The predicted octanol–water partition coefficient (Wildman–Crippen LogP) is 3.73. The lowest BCUT2D eigenvalue weighted by molar-refractivity contribution is -0.0349. The van der Waals surface area contributed by atoms with Crippen LogP contribution in [0.1, 0.15) is 17.4 Å². The van der Waals surface area contributed by atoms with Gasteiger partial charge in [-0.3, -0.25) is 4.90 Å². The van der Waals surface area contributed by atoms with Gasteiger partial charge >= 0.3 is 0 Å². The minimum absolute atomic E-state index is 0.0791. The van der Waals surface area contributed by atoms with Gasteiger partial charge in [-0.2, -0.15) is 0 Å². The van der Waals surface area contributed by atoms with Gasteiger partial charge in [0.2, 0.25) is 0 Å². The number of fused-ring (bicyclic) bond motifs is 1. The van der Waals surface area contributed by atoms with Crippen molar-refractivity contribution in [2.75, 3.05) is 38.7 Å². The lowest BCUT2D eigenvalue weighted by Crippen LogP contribution is -2.38. The molecule has 162 valence electrons. The van der Waals surface area contributed by atoms with Crippen molar-refractivity contribution in [1.29, 1.82) is 0 Å². The molecule has 7 nitrogen and oxygen atoms in total. The van der Waals surface area contributed by atoms with Crippen LogP contribution in [0.5, 0.6) is 0 Å². The van der Waals surface area contributed by atoms with E-state index in [9.17, 15) is 0 Å². The van der Waals surface area contributed by atoms with Gasteiger partial charge in [-0.25, -0.2) is 19.9 Å². The third-order valence-electron chi connectivity index (χ3n) is 5.71. The Balaban J connectivity index is 1.38. The molecule has 3 aromatic heterocycles. The molecule has 32 heavy (non-hydrogen) atoms. The monoisotopic (exact) mass is 426 g/mol. The molecule has 0 spiro atoms. The number of benzene rings is 1. The van der Waals surface area contributed by atoms with E-state index in [1.54, 1.807) is 12.4 Å². The molecule has 4 heterocycles. The summed E-state index contributed by atoms with van der Waals surface area (Å²) in [6.07, 6.45) is 5.01. The van der Waals surface area contributed by atoms with Gasteiger partial charge in [-0.05, 0) is 24.3 Å². The number of pyridine rings is 2. The first-order valence-corrected chi connectivity index (χ1v) is 10.8. The van der Waals surface area contributed by atoms with Crippen LogP contribution in [0.3, 0.4) is 0 Å². The van der Waals surface area contributed by atoms with E-state index >= 15 is 0 Å². The van der Waals surface area contributed by atoms with Crippen molar-refractivity contribution in [3.63, 3.8) is 0 Å². The van der Waals surface area contributed by atoms with Crippen LogP contribution >= 0.6 is 0 Å². The molecular weight excluding hydrogens is 400 g/mol. The van der Waals surface area contributed by atoms with Gasteiger partial charge in [0.25, 0.3) is 0 Å². The molecule has 0 aliphatic carbocycles. The second-order valence-electron chi connectivity index (χ2n) is 8.23. The highest BCUT2D eigenvalue weighted by molar-refractivity contribution is 5.81. The molecule has 1 aromatic carbocycles. The Morgan fingerprint density at radius 2 is 1.88 bits per heavy atom. The summed E-state index contributed by atoms with van der Waals surface area (Å²) >= 11 is 0. The second-order valence-corrected chi connectivity index (χ2v) is 8.23. The summed E-state index contributed by atoms with van der Waals surface area (Å²) in [6.45, 7) is 3.14. The van der Waals surface area contributed by atoms with Crippen LogP contribution in [0.15, 0.2) is 67.3 Å². The topological polar surface area (TPSA) is 67.3 Å². The van der Waals surface area contributed by atoms with Gasteiger partial charge in [0, 0.05) is 62.6 Å². The molecule has 4 aromatic rings. The highest BCUT2D eigenvalue weighted by Gasteiger charge is 2.24. The Bertz CT molecular complexity index is 1210. The van der Waals surface area contributed by atoms with E-state index in [0.29, 0.717) is 6.61 Å². The van der Waals surface area contributed by atoms with Gasteiger partial charge in [-0.15, -0.1) is 0 Å². The van der Waals surface area contributed by atoms with E-state index in [-0.39, 0.29) is 6.10 Å². The Hall–Kier alpha value is -3.42. The van der Waals surface area contributed by atoms with Crippen LogP contribution in [0.4, 0.5) is 5.82 Å². The minimum atomic E-state index is -0.0791. The molecule has 1 saturated heterocycles. The van der Waals surface area contributed by atoms with Crippen molar-refractivity contribution < 1.29 is 4.74 Å². The van der Waals surface area contributed by atoms with E-state index in [1.807, 2.05) is 38.4 Å². The number of hydrogen-bond donors (Lipinski definition) is 0. The molecule has 1 aliphatic rings. The Morgan fingerprint density at radius 3 is 2.72 bits per heavy atom. The molecule has 0 amide bonds. The summed E-state index contributed by atoms with van der Waals surface area (Å²) in [5.41, 5.74) is 4.93. The summed E-state index contributed by atoms with van der Waals surface area (Å²) in [4.78, 5) is 22.5. The first-order valence-electron chi connectivity index (χ1n) is 10.8. The van der Waals surface area contributed by atoms with Gasteiger partial charge < -0.3 is 9.64 Å². The van der Waals surface area contributed by atoms with Crippen molar-refractivity contribution in [3.05, 3.63) is 78.5 Å². The Morgan fingerprint density at radius 1 is 1.03 bits per heavy atom. The third kappa shape index (κ3) is 4.30. The summed E-state index contributed by atoms with van der Waals surface area (Å²) in [7, 11) is 4.09. The van der Waals surface area contributed by atoms with E-state index in [0.717, 1.165) is 53.3 Å². The number of ether oxygens (including phenoxy) is 1. The Labute approximate surface area is 187 Å². The van der Waals surface area contributed by atoms with Crippen molar-refractivity contribution in [2.24, 2.45) is 0 Å². The van der Waals surface area contributed by atoms with Crippen molar-refractivity contribution in [3.8, 4) is 11.3 Å². The van der Waals surface area contributed by atoms with Crippen LogP contribution < -0.4 is 4.90 Å². The lowest BCUT2D eigenvalue weighted by atomic mass is 10.1. The number of aromatic nitrogens is 4. The first kappa shape index (κ1) is 20.5. The van der Waals surface area contributed by atoms with Crippen molar-refractivity contribution in [1.82, 2.24) is 24.8 Å². The lowest BCUT2D eigenvalue weighted by Gasteiger charge is -2.33. The van der Waals surface area contributed by atoms with Crippen molar-refractivity contribution in [2.45, 2.75) is 12.6 Å². The summed E-state index contributed by atoms with van der Waals surface area (Å²) in [5, 5.41) is 1.16. The zero-order valence-electron chi connectivity index (χ0n) is 18.3. The summed E-state index contributed by atoms with van der Waals surface area (Å²) in [6, 6.07) is 16.6. The van der Waals surface area contributed by atoms with Gasteiger partial charge in [-0.1, -0.05) is 24.3 Å². The molecule has 5 rings (SSSR count). The van der Waals surface area contributed by atoms with Crippen LogP contribution in [-0.2, 0) is 11.3 Å². The Kier molecular flexibility index (Phi) is 5.75. The quantitative estimate of drug-likeness (QED) is 0.482. The standard InChI is InChI=1S/C25H26N6O/c1-30(2)25-19(12-18-6-3-4-7-21(18)29-25)15-31-10-11-32-24(16-31)23-9-5-8-22(28-23)20-13-26-17-27-14-20/h3-9,12-14,17,24H,10-11,15-16H2,1-2H3. The zero-order valence-corrected chi connectivity index (χ0v) is 18.3. The van der Waals surface area contributed by atoms with E-state index < -0.39 is 0 Å². The maximum atomic E-state index is 6.11. The molecule has 0 radical (unpaired) electrons. The van der Waals surface area contributed by atoms with Crippen LogP contribution in [0.25, 0.3) is 22.2 Å². The molecule has 1 fully saturated rings.